The van der Waals surface area contributed by atoms with Gasteiger partial charge in [0, 0.05) is 19.8 Å². The molecule has 2 amide bonds. The summed E-state index contributed by atoms with van der Waals surface area (Å²) >= 11 is 0. The number of amides is 2. The van der Waals surface area contributed by atoms with Crippen LogP contribution in [0.15, 0.2) is 24.4 Å². The van der Waals surface area contributed by atoms with Gasteiger partial charge in [-0.3, -0.25) is 0 Å². The van der Waals surface area contributed by atoms with Crippen LogP contribution in [0, 0.1) is 11.3 Å². The largest absolute Gasteiger partial charge is 0.359 e. The Hall–Kier alpha value is -3.41. The maximum atomic E-state index is 11.8. The first-order valence-electron chi connectivity index (χ1n) is 6.43. The summed E-state index contributed by atoms with van der Waals surface area (Å²) in [5.74, 6) is 0.198. The number of hydrogen-bond acceptors (Lipinski definition) is 6. The number of para-hydroxylation sites is 1. The van der Waals surface area contributed by atoms with E-state index >= 15 is 0 Å². The van der Waals surface area contributed by atoms with Crippen molar-refractivity contribution in [2.24, 2.45) is 0 Å². The average Bonchev–Trinajstić information content (AvgIpc) is 3.04. The Kier molecular flexibility index (Phi) is 3.41. The second-order valence-electron chi connectivity index (χ2n) is 4.68. The number of hydrogen-bond donors (Lipinski definition) is 3. The molecule has 0 bridgehead atoms. The van der Waals surface area contributed by atoms with Gasteiger partial charge in [0.25, 0.3) is 0 Å². The smallest absolute Gasteiger partial charge is 0.321 e. The molecule has 110 valence electrons. The quantitative estimate of drug-likeness (QED) is 0.730. The fraction of sp³-hybridized carbons (Fsp3) is 0.154. The van der Waals surface area contributed by atoms with Gasteiger partial charge in [-0.15, -0.1) is 10.2 Å². The van der Waals surface area contributed by atoms with E-state index in [9.17, 15) is 4.79 Å². The molecule has 0 saturated carbocycles. The number of nitriles is 1. The normalized spacial score (nSPS) is 14.1. The molecule has 0 unspecified atom stereocenters. The zero-order valence-corrected chi connectivity index (χ0v) is 11.7. The molecule has 1 aliphatic heterocycles. The van der Waals surface area contributed by atoms with Crippen LogP contribution in [-0.2, 0) is 6.54 Å². The monoisotopic (exact) mass is 296 g/mol. The third-order valence-electron chi connectivity index (χ3n) is 3.22. The number of anilines is 2. The summed E-state index contributed by atoms with van der Waals surface area (Å²) in [5, 5.41) is 28.2. The van der Waals surface area contributed by atoms with Crippen LogP contribution in [0.1, 0.15) is 11.4 Å². The maximum absolute atomic E-state index is 11.8. The van der Waals surface area contributed by atoms with Gasteiger partial charge in [0.15, 0.2) is 0 Å². The molecule has 9 nitrogen and oxygen atoms in total. The fourth-order valence-corrected chi connectivity index (χ4v) is 2.10. The number of H-pyrrole nitrogens is 1. The van der Waals surface area contributed by atoms with Gasteiger partial charge < -0.3 is 15.5 Å². The van der Waals surface area contributed by atoms with Gasteiger partial charge in [-0.05, 0) is 16.8 Å². The van der Waals surface area contributed by atoms with Crippen molar-refractivity contribution in [3.8, 4) is 6.07 Å². The van der Waals surface area contributed by atoms with Gasteiger partial charge in [0.1, 0.15) is 11.6 Å². The lowest BCUT2D eigenvalue weighted by atomic mass is 10.1. The number of aromatic nitrogens is 4. The minimum atomic E-state index is -0.176. The Labute approximate surface area is 125 Å². The first-order valence-corrected chi connectivity index (χ1v) is 6.43. The van der Waals surface area contributed by atoms with E-state index in [2.05, 4.69) is 31.3 Å². The number of nitrogens with zero attached hydrogens (tertiary/aromatic N) is 5. The van der Waals surface area contributed by atoms with Crippen LogP contribution in [0.3, 0.4) is 0 Å². The average molecular weight is 296 g/mol. The Morgan fingerprint density at radius 1 is 1.55 bits per heavy atom. The van der Waals surface area contributed by atoms with Crippen LogP contribution in [0.4, 0.5) is 16.2 Å². The number of urea groups is 1. The van der Waals surface area contributed by atoms with E-state index in [4.69, 9.17) is 5.26 Å². The number of tetrazole rings is 1. The molecule has 0 radical (unpaired) electrons. The Bertz CT molecular complexity index is 774. The van der Waals surface area contributed by atoms with Crippen molar-refractivity contribution in [1.82, 2.24) is 25.5 Å². The number of carbonyl (C=O) groups excluding carboxylic acids is 1. The molecule has 1 aliphatic rings. The fourth-order valence-electron chi connectivity index (χ4n) is 2.10. The molecule has 2 aromatic rings. The van der Waals surface area contributed by atoms with E-state index in [1.807, 2.05) is 24.3 Å². The third-order valence-corrected chi connectivity index (χ3v) is 3.22. The highest BCUT2D eigenvalue weighted by molar-refractivity contribution is 5.96. The summed E-state index contributed by atoms with van der Waals surface area (Å²) in [6.07, 6.45) is 1.48. The Morgan fingerprint density at radius 2 is 2.41 bits per heavy atom. The van der Waals surface area contributed by atoms with E-state index in [1.54, 1.807) is 11.9 Å². The topological polar surface area (TPSA) is 123 Å². The van der Waals surface area contributed by atoms with Crippen molar-refractivity contribution in [1.29, 1.82) is 5.26 Å². The Morgan fingerprint density at radius 3 is 3.14 bits per heavy atom. The van der Waals surface area contributed by atoms with Gasteiger partial charge in [-0.1, -0.05) is 12.1 Å². The van der Waals surface area contributed by atoms with Crippen LogP contribution in [0.5, 0.6) is 0 Å². The first kappa shape index (κ1) is 13.6. The molecule has 0 spiro atoms. The summed E-state index contributed by atoms with van der Waals surface area (Å²) in [6, 6.07) is 7.43. The second kappa shape index (κ2) is 5.53. The summed E-state index contributed by atoms with van der Waals surface area (Å²) in [6.45, 7) is 0.524. The molecule has 22 heavy (non-hydrogen) atoms. The van der Waals surface area contributed by atoms with Crippen molar-refractivity contribution in [2.45, 2.75) is 6.54 Å². The molecular formula is C13H12N8O. The first-order chi connectivity index (χ1) is 10.7. The molecule has 3 N–H and O–H groups in total. The number of carbonyl (C=O) groups is 1. The van der Waals surface area contributed by atoms with E-state index in [0.717, 1.165) is 5.56 Å². The predicted octanol–water partition coefficient (Wildman–Crippen LogP) is 1.15. The van der Waals surface area contributed by atoms with Crippen molar-refractivity contribution >= 4 is 23.0 Å². The van der Waals surface area contributed by atoms with E-state index < -0.39 is 0 Å². The highest BCUT2D eigenvalue weighted by Gasteiger charge is 2.21. The molecule has 1 aromatic carbocycles. The van der Waals surface area contributed by atoms with Gasteiger partial charge in [-0.25, -0.2) is 4.79 Å². The van der Waals surface area contributed by atoms with Gasteiger partial charge in [0.05, 0.1) is 11.4 Å². The lowest BCUT2D eigenvalue weighted by molar-refractivity contribution is 0.218. The van der Waals surface area contributed by atoms with Crippen LogP contribution in [0.25, 0.3) is 5.57 Å². The standard InChI is InChI=1S/C13H12N8O/c1-21-7-8-3-2-4-10(11(8)16-13(21)22)15-6-9(5-14)12-17-19-20-18-12/h2-4,6,15H,7H2,1H3,(H,16,22)(H,17,18,19,20). The number of benzene rings is 1. The van der Waals surface area contributed by atoms with Gasteiger partial charge in [-0.2, -0.15) is 10.5 Å². The molecular weight excluding hydrogens is 284 g/mol. The van der Waals surface area contributed by atoms with Crippen LogP contribution >= 0.6 is 0 Å². The molecule has 1 aromatic heterocycles. The van der Waals surface area contributed by atoms with Crippen molar-refractivity contribution in [2.75, 3.05) is 17.7 Å². The molecule has 0 aliphatic carbocycles. The van der Waals surface area contributed by atoms with Crippen molar-refractivity contribution in [3.63, 3.8) is 0 Å². The summed E-state index contributed by atoms with van der Waals surface area (Å²) in [4.78, 5) is 13.4. The maximum Gasteiger partial charge on any atom is 0.321 e. The Balaban J connectivity index is 1.90. The molecule has 0 saturated heterocycles. The highest BCUT2D eigenvalue weighted by atomic mass is 16.2. The van der Waals surface area contributed by atoms with Crippen LogP contribution in [-0.4, -0.2) is 38.6 Å². The minimum Gasteiger partial charge on any atom is -0.359 e. The van der Waals surface area contributed by atoms with Gasteiger partial charge in [0.2, 0.25) is 5.82 Å². The number of rotatable bonds is 3. The summed E-state index contributed by atoms with van der Waals surface area (Å²) < 4.78 is 0. The van der Waals surface area contributed by atoms with Crippen molar-refractivity contribution in [3.05, 3.63) is 35.8 Å². The zero-order valence-electron chi connectivity index (χ0n) is 11.7. The number of aromatic amines is 1. The third kappa shape index (κ3) is 2.45. The lowest BCUT2D eigenvalue weighted by Gasteiger charge is -2.27. The van der Waals surface area contributed by atoms with E-state index in [-0.39, 0.29) is 17.4 Å². The summed E-state index contributed by atoms with van der Waals surface area (Å²) in [5.41, 5.74) is 2.60. The molecule has 3 rings (SSSR count). The molecule has 0 fully saturated rings. The minimum absolute atomic E-state index is 0.176. The van der Waals surface area contributed by atoms with Crippen LogP contribution in [0.2, 0.25) is 0 Å². The predicted molar refractivity (Wildman–Crippen MR) is 78.3 cm³/mol. The number of allylic oxidation sites excluding steroid dienone is 1. The zero-order chi connectivity index (χ0) is 15.5. The van der Waals surface area contributed by atoms with Gasteiger partial charge >= 0.3 is 6.03 Å². The molecule has 2 heterocycles. The number of nitrogens with one attached hydrogen (secondary N) is 3. The van der Waals surface area contributed by atoms with E-state index in [0.29, 0.717) is 17.9 Å². The van der Waals surface area contributed by atoms with E-state index in [1.165, 1.54) is 6.20 Å². The number of fused-ring (bicyclic) bond motifs is 1. The van der Waals surface area contributed by atoms with Crippen molar-refractivity contribution < 1.29 is 4.79 Å². The lowest BCUT2D eigenvalue weighted by Crippen LogP contribution is -2.35. The SMILES string of the molecule is CN1Cc2cccc(NC=C(C#N)c3nn[nH]n3)c2NC1=O. The second-order valence-corrected chi connectivity index (χ2v) is 4.68. The highest BCUT2D eigenvalue weighted by Crippen LogP contribution is 2.30. The molecule has 9 heteroatoms. The summed E-state index contributed by atoms with van der Waals surface area (Å²) in [7, 11) is 1.72. The van der Waals surface area contributed by atoms with Crippen LogP contribution < -0.4 is 10.6 Å². The molecule has 0 atom stereocenters.